The Morgan fingerprint density at radius 1 is 1.38 bits per heavy atom. The number of nitrogens with one attached hydrogen (secondary N) is 2. The summed E-state index contributed by atoms with van der Waals surface area (Å²) in [6.07, 6.45) is -0.616. The number of nitrogens with zero attached hydrogens (tertiary/aromatic N) is 3. The minimum absolute atomic E-state index is 0. The van der Waals surface area contributed by atoms with Crippen LogP contribution in [0, 0.1) is 0 Å². The van der Waals surface area contributed by atoms with Gasteiger partial charge in [-0.1, -0.05) is 5.16 Å². The monoisotopic (exact) mass is 521 g/mol. The molecule has 2 rings (SSSR count). The van der Waals surface area contributed by atoms with Gasteiger partial charge >= 0.3 is 45.8 Å². The van der Waals surface area contributed by atoms with Gasteiger partial charge in [-0.15, -0.1) is 22.9 Å². The molecule has 18 heteroatoms. The molecule has 1 saturated heterocycles. The van der Waals surface area contributed by atoms with Crippen LogP contribution in [-0.4, -0.2) is 113 Å². The summed E-state index contributed by atoms with van der Waals surface area (Å²) < 4.78 is 36.5. The van der Waals surface area contributed by atoms with E-state index >= 15 is 0 Å². The van der Waals surface area contributed by atoms with Crippen LogP contribution in [0.25, 0.3) is 0 Å². The Bertz CT molecular complexity index is 1030. The average molecular weight is 522 g/mol. The van der Waals surface area contributed by atoms with Crippen molar-refractivity contribution in [2.45, 2.75) is 18.5 Å². The van der Waals surface area contributed by atoms with Gasteiger partial charge in [0.05, 0.1) is 19.6 Å². The van der Waals surface area contributed by atoms with Gasteiger partial charge in [0, 0.05) is 5.38 Å². The fourth-order valence-electron chi connectivity index (χ4n) is 2.51. The van der Waals surface area contributed by atoms with Gasteiger partial charge in [-0.25, -0.2) is 9.29 Å². The van der Waals surface area contributed by atoms with Gasteiger partial charge in [0.1, 0.15) is 24.7 Å². The number of hydrogen-bond donors (Lipinski definition) is 3. The molecule has 1 aliphatic rings. The third kappa shape index (κ3) is 6.60. The van der Waals surface area contributed by atoms with E-state index in [4.69, 9.17) is 11.6 Å². The zero-order valence-electron chi connectivity index (χ0n) is 15.9. The number of esters is 1. The summed E-state index contributed by atoms with van der Waals surface area (Å²) in [4.78, 5) is 56.3. The van der Waals surface area contributed by atoms with Crippen molar-refractivity contribution in [1.29, 1.82) is 0 Å². The van der Waals surface area contributed by atoms with Crippen LogP contribution in [0.15, 0.2) is 10.5 Å². The average Bonchev–Trinajstić information content (AvgIpc) is 3.16. The summed E-state index contributed by atoms with van der Waals surface area (Å²) in [6.45, 7) is 0. The number of alkyl halides is 1. The first kappa shape index (κ1) is 28.2. The second-order valence-corrected chi connectivity index (χ2v) is 8.17. The Hall–Kier alpha value is -1.82. The molecule has 172 valence electrons. The molecule has 1 aromatic heterocycles. The standard InChI is InChI=1S/C14H16ClN5O9S2.Na.H/c1-28-9(22)3-7-11(13(24)20(7)31(25,26)27)18-12(23)10(19-29-2)6-5-30-14(16-6)17-8(21)4-15;;/h5,7,11H,3-4H2,1-2H3,(H,18,23)(H,16,17,21)(H,25,26,27);;. The maximum atomic E-state index is 12.7. The van der Waals surface area contributed by atoms with Gasteiger partial charge in [-0.3, -0.25) is 23.7 Å². The summed E-state index contributed by atoms with van der Waals surface area (Å²) in [7, 11) is -2.79. The number of rotatable bonds is 9. The van der Waals surface area contributed by atoms with Crippen molar-refractivity contribution in [3.8, 4) is 0 Å². The second kappa shape index (κ2) is 11.9. The summed E-state index contributed by atoms with van der Waals surface area (Å²) in [5.74, 6) is -3.89. The van der Waals surface area contributed by atoms with E-state index in [0.717, 1.165) is 25.6 Å². The molecule has 0 spiro atoms. The number of aromatic nitrogens is 1. The Morgan fingerprint density at radius 2 is 2.03 bits per heavy atom. The molecule has 1 aliphatic heterocycles. The van der Waals surface area contributed by atoms with Crippen LogP contribution in [0.3, 0.4) is 0 Å². The number of anilines is 1. The van der Waals surface area contributed by atoms with Crippen LogP contribution in [0.5, 0.6) is 0 Å². The van der Waals surface area contributed by atoms with Crippen molar-refractivity contribution < 1.29 is 41.7 Å². The fraction of sp³-hybridized carbons (Fsp3) is 0.429. The third-order valence-electron chi connectivity index (χ3n) is 3.82. The number of thiazole rings is 1. The minimum atomic E-state index is -4.97. The molecule has 1 fully saturated rings. The normalized spacial score (nSPS) is 18.2. The van der Waals surface area contributed by atoms with Crippen LogP contribution in [0.4, 0.5) is 5.13 Å². The van der Waals surface area contributed by atoms with Crippen molar-refractivity contribution >= 4 is 97.3 Å². The Balaban J connectivity index is 0.00000512. The summed E-state index contributed by atoms with van der Waals surface area (Å²) in [6, 6.07) is -2.90. The molecule has 3 N–H and O–H groups in total. The van der Waals surface area contributed by atoms with Crippen LogP contribution >= 0.6 is 22.9 Å². The molecule has 32 heavy (non-hydrogen) atoms. The van der Waals surface area contributed by atoms with E-state index < -0.39 is 58.2 Å². The first-order valence-electron chi connectivity index (χ1n) is 8.14. The predicted octanol–water partition coefficient (Wildman–Crippen LogP) is -1.92. The maximum absolute atomic E-state index is 12.7. The van der Waals surface area contributed by atoms with Crippen molar-refractivity contribution in [2.75, 3.05) is 25.4 Å². The Morgan fingerprint density at radius 3 is 2.56 bits per heavy atom. The van der Waals surface area contributed by atoms with Crippen LogP contribution in [-0.2, 0) is 39.1 Å². The van der Waals surface area contributed by atoms with Crippen LogP contribution in [0.1, 0.15) is 12.1 Å². The third-order valence-corrected chi connectivity index (χ3v) is 5.77. The molecule has 2 heterocycles. The molecule has 2 atom stereocenters. The molecule has 0 aliphatic carbocycles. The molecular weight excluding hydrogens is 505 g/mol. The van der Waals surface area contributed by atoms with Gasteiger partial charge in [0.25, 0.3) is 11.8 Å². The molecule has 1 aromatic rings. The molecule has 3 amide bonds. The molecule has 0 bridgehead atoms. The predicted molar refractivity (Wildman–Crippen MR) is 113 cm³/mol. The van der Waals surface area contributed by atoms with Crippen molar-refractivity contribution in [1.82, 2.24) is 14.6 Å². The zero-order valence-corrected chi connectivity index (χ0v) is 18.3. The van der Waals surface area contributed by atoms with Crippen LogP contribution < -0.4 is 10.6 Å². The van der Waals surface area contributed by atoms with Crippen molar-refractivity contribution in [2.24, 2.45) is 5.16 Å². The fourth-order valence-corrected chi connectivity index (χ4v) is 4.17. The molecule has 2 unspecified atom stereocenters. The summed E-state index contributed by atoms with van der Waals surface area (Å²) >= 11 is 6.35. The van der Waals surface area contributed by atoms with E-state index in [9.17, 15) is 32.1 Å². The van der Waals surface area contributed by atoms with Gasteiger partial charge in [0.15, 0.2) is 10.8 Å². The molecule has 0 saturated carbocycles. The number of oxime groups is 1. The van der Waals surface area contributed by atoms with Gasteiger partial charge < -0.3 is 20.2 Å². The number of amides is 3. The molecule has 14 nitrogen and oxygen atoms in total. The second-order valence-electron chi connectivity index (χ2n) is 5.75. The number of carbonyl (C=O) groups is 4. The number of methoxy groups -OCH3 is 1. The Labute approximate surface area is 212 Å². The van der Waals surface area contributed by atoms with E-state index in [-0.39, 0.29) is 50.6 Å². The van der Waals surface area contributed by atoms with Crippen molar-refractivity contribution in [3.05, 3.63) is 11.1 Å². The van der Waals surface area contributed by atoms with E-state index in [1.807, 2.05) is 0 Å². The van der Waals surface area contributed by atoms with Gasteiger partial charge in [-0.05, 0) is 0 Å². The van der Waals surface area contributed by atoms with Gasteiger partial charge in [0.2, 0.25) is 5.91 Å². The number of ether oxygens (including phenoxy) is 1. The number of hydrogen-bond acceptors (Lipinski definition) is 11. The number of carbonyl (C=O) groups excluding carboxylic acids is 4. The van der Waals surface area contributed by atoms with E-state index in [2.05, 4.69) is 30.3 Å². The molecule has 0 radical (unpaired) electrons. The SMILES string of the molecule is CON=C(C(=O)NC1C(=O)N(S(=O)(=O)O)C1CC(=O)OC)c1csc(NC(=O)CCl)n1.[NaH]. The number of halogens is 1. The molecular formula is C14H17ClN5NaO9S2. The summed E-state index contributed by atoms with van der Waals surface area (Å²) in [5, 5.41) is 9.61. The Kier molecular flexibility index (Phi) is 10.5. The first-order valence-corrected chi connectivity index (χ1v) is 11.0. The van der Waals surface area contributed by atoms with E-state index in [1.165, 1.54) is 5.38 Å². The van der Waals surface area contributed by atoms with E-state index in [1.54, 1.807) is 0 Å². The topological polar surface area (TPSA) is 194 Å². The number of β-lactam (4-membered cyclic amide) rings is 1. The molecule has 0 aromatic carbocycles. The first-order chi connectivity index (χ1) is 14.5. The van der Waals surface area contributed by atoms with Crippen LogP contribution in [0.2, 0.25) is 0 Å². The quantitative estimate of drug-likeness (QED) is 0.0627. The van der Waals surface area contributed by atoms with Gasteiger partial charge in [-0.2, -0.15) is 8.42 Å². The zero-order chi connectivity index (χ0) is 23.3. The van der Waals surface area contributed by atoms with E-state index in [0.29, 0.717) is 0 Å². The van der Waals surface area contributed by atoms with Crippen molar-refractivity contribution in [3.63, 3.8) is 0 Å². The summed E-state index contributed by atoms with van der Waals surface area (Å²) in [5.41, 5.74) is -0.433.